The summed E-state index contributed by atoms with van der Waals surface area (Å²) in [6.45, 7) is 5.15. The van der Waals surface area contributed by atoms with Crippen molar-refractivity contribution in [3.63, 3.8) is 0 Å². The molecular weight excluding hydrogens is 266 g/mol. The summed E-state index contributed by atoms with van der Waals surface area (Å²) in [5.74, 6) is 0.0650. The monoisotopic (exact) mass is 291 g/mol. The van der Waals surface area contributed by atoms with Gasteiger partial charge in [0.15, 0.2) is 0 Å². The van der Waals surface area contributed by atoms with E-state index in [2.05, 4.69) is 10.2 Å². The van der Waals surface area contributed by atoms with Gasteiger partial charge < -0.3 is 20.7 Å². The van der Waals surface area contributed by atoms with Gasteiger partial charge in [0.05, 0.1) is 6.61 Å². The van der Waals surface area contributed by atoms with Gasteiger partial charge in [0.2, 0.25) is 5.91 Å². The highest BCUT2D eigenvalue weighted by molar-refractivity contribution is 5.90. The van der Waals surface area contributed by atoms with Crippen molar-refractivity contribution in [3.05, 3.63) is 29.8 Å². The molecule has 0 aromatic heterocycles. The summed E-state index contributed by atoms with van der Waals surface area (Å²) >= 11 is 0. The Kier molecular flexibility index (Phi) is 6.66. The van der Waals surface area contributed by atoms with Gasteiger partial charge in [-0.1, -0.05) is 12.1 Å². The van der Waals surface area contributed by atoms with Crippen molar-refractivity contribution in [2.24, 2.45) is 5.73 Å². The molecule has 1 amide bonds. The lowest BCUT2D eigenvalue weighted by atomic mass is 10.2. The molecule has 0 radical (unpaired) electrons. The Morgan fingerprint density at radius 2 is 2.24 bits per heavy atom. The highest BCUT2D eigenvalue weighted by Gasteiger charge is 2.10. The molecule has 0 bridgehead atoms. The van der Waals surface area contributed by atoms with Crippen LogP contribution in [0, 0.1) is 0 Å². The number of nitrogens with one attached hydrogen (secondary N) is 1. The standard InChI is InChI=1S/C16H25N3O2/c17-13-14-4-1-5-15(12-14)18-16(20)6-2-7-19-8-3-10-21-11-9-19/h1,4-5,12H,2-3,6-11,13,17H2,(H,18,20). The third-order valence-corrected chi connectivity index (χ3v) is 3.64. The minimum Gasteiger partial charge on any atom is -0.380 e. The van der Waals surface area contributed by atoms with Crippen LogP contribution in [0.1, 0.15) is 24.8 Å². The molecule has 5 nitrogen and oxygen atoms in total. The SMILES string of the molecule is NCc1cccc(NC(=O)CCCN2CCCOCC2)c1. The number of nitrogens with zero attached hydrogens (tertiary/aromatic N) is 1. The molecule has 1 heterocycles. The zero-order chi connectivity index (χ0) is 14.9. The molecule has 0 unspecified atom stereocenters. The third kappa shape index (κ3) is 5.83. The largest absolute Gasteiger partial charge is 0.380 e. The molecule has 1 aliphatic rings. The molecular formula is C16H25N3O2. The van der Waals surface area contributed by atoms with E-state index < -0.39 is 0 Å². The topological polar surface area (TPSA) is 67.6 Å². The van der Waals surface area contributed by atoms with Crippen molar-refractivity contribution in [2.75, 3.05) is 38.2 Å². The van der Waals surface area contributed by atoms with Gasteiger partial charge in [-0.3, -0.25) is 4.79 Å². The lowest BCUT2D eigenvalue weighted by Gasteiger charge is -2.18. The average Bonchev–Trinajstić information content (AvgIpc) is 2.76. The van der Waals surface area contributed by atoms with Crippen LogP contribution in [0.5, 0.6) is 0 Å². The van der Waals surface area contributed by atoms with Crippen LogP contribution in [0.15, 0.2) is 24.3 Å². The number of rotatable bonds is 6. The molecule has 1 fully saturated rings. The Morgan fingerprint density at radius 1 is 1.33 bits per heavy atom. The van der Waals surface area contributed by atoms with Crippen molar-refractivity contribution < 1.29 is 9.53 Å². The van der Waals surface area contributed by atoms with E-state index in [1.807, 2.05) is 24.3 Å². The molecule has 116 valence electrons. The van der Waals surface area contributed by atoms with Crippen LogP contribution >= 0.6 is 0 Å². The van der Waals surface area contributed by atoms with E-state index in [0.29, 0.717) is 13.0 Å². The van der Waals surface area contributed by atoms with Gasteiger partial charge in [-0.2, -0.15) is 0 Å². The van der Waals surface area contributed by atoms with Crippen LogP contribution in [0.2, 0.25) is 0 Å². The summed E-state index contributed by atoms with van der Waals surface area (Å²) in [5, 5.41) is 2.93. The van der Waals surface area contributed by atoms with Gasteiger partial charge in [-0.05, 0) is 37.1 Å². The fourth-order valence-corrected chi connectivity index (χ4v) is 2.48. The number of anilines is 1. The second-order valence-corrected chi connectivity index (χ2v) is 5.36. The molecule has 1 aliphatic heterocycles. The van der Waals surface area contributed by atoms with Gasteiger partial charge >= 0.3 is 0 Å². The predicted octanol–water partition coefficient (Wildman–Crippen LogP) is 1.59. The molecule has 1 saturated heterocycles. The minimum absolute atomic E-state index is 0.0650. The predicted molar refractivity (Wildman–Crippen MR) is 84.1 cm³/mol. The normalized spacial score (nSPS) is 16.4. The van der Waals surface area contributed by atoms with Crippen molar-refractivity contribution in [1.29, 1.82) is 0 Å². The maximum atomic E-state index is 11.9. The Labute approximate surface area is 126 Å². The Morgan fingerprint density at radius 3 is 3.10 bits per heavy atom. The summed E-state index contributed by atoms with van der Waals surface area (Å²) in [7, 11) is 0. The number of carbonyl (C=O) groups is 1. The lowest BCUT2D eigenvalue weighted by Crippen LogP contribution is -2.28. The van der Waals surface area contributed by atoms with Gasteiger partial charge in [-0.25, -0.2) is 0 Å². The van der Waals surface area contributed by atoms with Crippen LogP contribution in [-0.4, -0.2) is 43.7 Å². The van der Waals surface area contributed by atoms with Crippen LogP contribution in [0.4, 0.5) is 5.69 Å². The Balaban J connectivity index is 1.69. The molecule has 21 heavy (non-hydrogen) atoms. The summed E-state index contributed by atoms with van der Waals surface area (Å²) in [5.41, 5.74) is 7.45. The molecule has 0 saturated carbocycles. The zero-order valence-electron chi connectivity index (χ0n) is 12.5. The fraction of sp³-hybridized carbons (Fsp3) is 0.562. The van der Waals surface area contributed by atoms with Crippen LogP contribution < -0.4 is 11.1 Å². The Hall–Kier alpha value is -1.43. The number of hydrogen-bond acceptors (Lipinski definition) is 4. The van der Waals surface area contributed by atoms with Crippen molar-refractivity contribution in [3.8, 4) is 0 Å². The van der Waals surface area contributed by atoms with Crippen LogP contribution in [0.25, 0.3) is 0 Å². The van der Waals surface area contributed by atoms with Gasteiger partial charge in [-0.15, -0.1) is 0 Å². The fourth-order valence-electron chi connectivity index (χ4n) is 2.48. The van der Waals surface area contributed by atoms with Crippen molar-refractivity contribution in [2.45, 2.75) is 25.8 Å². The number of hydrogen-bond donors (Lipinski definition) is 2. The second-order valence-electron chi connectivity index (χ2n) is 5.36. The number of ether oxygens (including phenoxy) is 1. The van der Waals surface area contributed by atoms with Gasteiger partial charge in [0.25, 0.3) is 0 Å². The first-order valence-corrected chi connectivity index (χ1v) is 7.67. The number of amides is 1. The first-order valence-electron chi connectivity index (χ1n) is 7.67. The quantitative estimate of drug-likeness (QED) is 0.835. The summed E-state index contributed by atoms with van der Waals surface area (Å²) < 4.78 is 5.42. The number of nitrogens with two attached hydrogens (primary N) is 1. The maximum absolute atomic E-state index is 11.9. The average molecular weight is 291 g/mol. The first-order chi connectivity index (χ1) is 10.3. The second kappa shape index (κ2) is 8.77. The molecule has 1 aromatic rings. The molecule has 5 heteroatoms. The summed E-state index contributed by atoms with van der Waals surface area (Å²) in [6.07, 6.45) is 2.50. The highest BCUT2D eigenvalue weighted by Crippen LogP contribution is 2.11. The smallest absolute Gasteiger partial charge is 0.224 e. The van der Waals surface area contributed by atoms with E-state index in [0.717, 1.165) is 56.9 Å². The minimum atomic E-state index is 0.0650. The lowest BCUT2D eigenvalue weighted by molar-refractivity contribution is -0.116. The molecule has 0 aliphatic carbocycles. The van der Waals surface area contributed by atoms with E-state index in [-0.39, 0.29) is 5.91 Å². The zero-order valence-corrected chi connectivity index (χ0v) is 12.5. The molecule has 1 aromatic carbocycles. The molecule has 2 rings (SSSR count). The molecule has 3 N–H and O–H groups in total. The maximum Gasteiger partial charge on any atom is 0.224 e. The number of carbonyl (C=O) groups excluding carboxylic acids is 1. The van der Waals surface area contributed by atoms with E-state index in [4.69, 9.17) is 10.5 Å². The Bertz CT molecular complexity index is 443. The highest BCUT2D eigenvalue weighted by atomic mass is 16.5. The van der Waals surface area contributed by atoms with Gasteiger partial charge in [0, 0.05) is 38.3 Å². The van der Waals surface area contributed by atoms with Crippen LogP contribution in [-0.2, 0) is 16.1 Å². The summed E-state index contributed by atoms with van der Waals surface area (Å²) in [6, 6.07) is 7.68. The number of benzene rings is 1. The van der Waals surface area contributed by atoms with Gasteiger partial charge in [0.1, 0.15) is 0 Å². The third-order valence-electron chi connectivity index (χ3n) is 3.64. The van der Waals surface area contributed by atoms with E-state index >= 15 is 0 Å². The van der Waals surface area contributed by atoms with E-state index in [9.17, 15) is 4.79 Å². The first kappa shape index (κ1) is 15.9. The van der Waals surface area contributed by atoms with E-state index in [1.165, 1.54) is 0 Å². The molecule has 0 spiro atoms. The van der Waals surface area contributed by atoms with E-state index in [1.54, 1.807) is 0 Å². The van der Waals surface area contributed by atoms with Crippen molar-refractivity contribution in [1.82, 2.24) is 4.90 Å². The van der Waals surface area contributed by atoms with Crippen LogP contribution in [0.3, 0.4) is 0 Å². The molecule has 0 atom stereocenters. The van der Waals surface area contributed by atoms with Crippen molar-refractivity contribution >= 4 is 11.6 Å². The summed E-state index contributed by atoms with van der Waals surface area (Å²) in [4.78, 5) is 14.3.